The van der Waals surface area contributed by atoms with Crippen LogP contribution in [0.3, 0.4) is 0 Å². The summed E-state index contributed by atoms with van der Waals surface area (Å²) in [6, 6.07) is 3.91. The summed E-state index contributed by atoms with van der Waals surface area (Å²) in [5, 5.41) is 2.93. The summed E-state index contributed by atoms with van der Waals surface area (Å²) in [5.74, 6) is 0.0787. The summed E-state index contributed by atoms with van der Waals surface area (Å²) in [6.07, 6.45) is 9.03. The van der Waals surface area contributed by atoms with Crippen molar-refractivity contribution in [3.05, 3.63) is 47.3 Å². The highest BCUT2D eigenvalue weighted by Gasteiger charge is 2.28. The second-order valence-electron chi connectivity index (χ2n) is 7.28. The highest BCUT2D eigenvalue weighted by atomic mass is 16.2. The second kappa shape index (κ2) is 9.48. The monoisotopic (exact) mass is 383 g/mol. The number of pyridine rings is 1. The molecule has 7 nitrogen and oxygen atoms in total. The number of likely N-dealkylation sites (N-methyl/N-ethyl adjacent to an activating group) is 1. The summed E-state index contributed by atoms with van der Waals surface area (Å²) in [7, 11) is 1.79. The number of nitrogens with zero attached hydrogens (tertiary/aromatic N) is 4. The lowest BCUT2D eigenvalue weighted by molar-refractivity contribution is 0.0778. The van der Waals surface area contributed by atoms with Crippen LogP contribution in [0.5, 0.6) is 0 Å². The molecule has 0 spiro atoms. The van der Waals surface area contributed by atoms with Gasteiger partial charge in [-0.25, -0.2) is 4.98 Å². The summed E-state index contributed by atoms with van der Waals surface area (Å²) >= 11 is 0. The Morgan fingerprint density at radius 3 is 2.79 bits per heavy atom. The first-order chi connectivity index (χ1) is 13.6. The molecule has 3 rings (SSSR count). The van der Waals surface area contributed by atoms with E-state index in [0.717, 1.165) is 56.3 Å². The molecule has 1 aliphatic rings. The standard InChI is InChI=1S/C21H29N5O2/c1-3-4-11-23-20(27)18-17-7-5-6-14-26(17)19(24-18)21(28)25(2)15-10-16-8-12-22-13-9-16/h8-9,12-13H,3-7,10-11,14-15H2,1-2H3,(H,23,27). The Morgan fingerprint density at radius 2 is 2.04 bits per heavy atom. The van der Waals surface area contributed by atoms with Gasteiger partial charge < -0.3 is 14.8 Å². The largest absolute Gasteiger partial charge is 0.351 e. The van der Waals surface area contributed by atoms with Crippen LogP contribution in [0.15, 0.2) is 24.5 Å². The number of hydrogen-bond donors (Lipinski definition) is 1. The van der Waals surface area contributed by atoms with Crippen molar-refractivity contribution in [2.45, 2.75) is 52.0 Å². The summed E-state index contributed by atoms with van der Waals surface area (Å²) in [4.78, 5) is 35.8. The molecule has 28 heavy (non-hydrogen) atoms. The molecule has 0 fully saturated rings. The molecule has 0 radical (unpaired) electrons. The lowest BCUT2D eigenvalue weighted by Gasteiger charge is -2.20. The molecule has 1 N–H and O–H groups in total. The zero-order valence-corrected chi connectivity index (χ0v) is 16.8. The van der Waals surface area contributed by atoms with Gasteiger partial charge in [-0.05, 0) is 49.8 Å². The Bertz CT molecular complexity index is 816. The van der Waals surface area contributed by atoms with Crippen LogP contribution in [-0.2, 0) is 19.4 Å². The molecular weight excluding hydrogens is 354 g/mol. The van der Waals surface area contributed by atoms with Gasteiger partial charge in [0, 0.05) is 39.1 Å². The van der Waals surface area contributed by atoms with Crippen molar-refractivity contribution in [3.63, 3.8) is 0 Å². The Morgan fingerprint density at radius 1 is 1.25 bits per heavy atom. The van der Waals surface area contributed by atoms with Crippen LogP contribution >= 0.6 is 0 Å². The summed E-state index contributed by atoms with van der Waals surface area (Å²) < 4.78 is 1.95. The predicted octanol–water partition coefficient (Wildman–Crippen LogP) is 2.46. The Kier molecular flexibility index (Phi) is 6.79. The molecule has 3 heterocycles. The molecule has 0 unspecified atom stereocenters. The van der Waals surface area contributed by atoms with Gasteiger partial charge in [0.15, 0.2) is 5.82 Å². The third kappa shape index (κ3) is 4.58. The molecule has 2 aromatic rings. The zero-order chi connectivity index (χ0) is 19.9. The Labute approximate surface area is 166 Å². The van der Waals surface area contributed by atoms with Crippen LogP contribution in [0.1, 0.15) is 65.0 Å². The van der Waals surface area contributed by atoms with E-state index in [2.05, 4.69) is 22.2 Å². The van der Waals surface area contributed by atoms with Crippen molar-refractivity contribution in [2.24, 2.45) is 0 Å². The average molecular weight is 383 g/mol. The van der Waals surface area contributed by atoms with Crippen molar-refractivity contribution < 1.29 is 9.59 Å². The number of rotatable bonds is 8. The van der Waals surface area contributed by atoms with Crippen molar-refractivity contribution >= 4 is 11.8 Å². The van der Waals surface area contributed by atoms with Crippen LogP contribution in [0.2, 0.25) is 0 Å². The van der Waals surface area contributed by atoms with E-state index in [1.807, 2.05) is 16.7 Å². The van der Waals surface area contributed by atoms with E-state index >= 15 is 0 Å². The first-order valence-corrected chi connectivity index (χ1v) is 10.1. The summed E-state index contributed by atoms with van der Waals surface area (Å²) in [5.41, 5.74) is 2.45. The number of imidazole rings is 1. The van der Waals surface area contributed by atoms with E-state index in [1.165, 1.54) is 0 Å². The molecule has 0 atom stereocenters. The van der Waals surface area contributed by atoms with Crippen molar-refractivity contribution in [2.75, 3.05) is 20.1 Å². The molecule has 7 heteroatoms. The molecule has 1 aliphatic heterocycles. The third-order valence-electron chi connectivity index (χ3n) is 5.17. The molecule has 0 bridgehead atoms. The van der Waals surface area contributed by atoms with E-state index < -0.39 is 0 Å². The predicted molar refractivity (Wildman–Crippen MR) is 107 cm³/mol. The van der Waals surface area contributed by atoms with E-state index in [-0.39, 0.29) is 11.8 Å². The molecule has 0 saturated heterocycles. The van der Waals surface area contributed by atoms with Crippen LogP contribution in [0, 0.1) is 0 Å². The number of unbranched alkanes of at least 4 members (excludes halogenated alkanes) is 1. The number of fused-ring (bicyclic) bond motifs is 1. The Balaban J connectivity index is 1.74. The van der Waals surface area contributed by atoms with Gasteiger partial charge in [-0.3, -0.25) is 14.6 Å². The lowest BCUT2D eigenvalue weighted by Crippen LogP contribution is -2.32. The van der Waals surface area contributed by atoms with Crippen molar-refractivity contribution in [1.82, 2.24) is 24.8 Å². The molecule has 0 aliphatic carbocycles. The van der Waals surface area contributed by atoms with Gasteiger partial charge >= 0.3 is 0 Å². The SMILES string of the molecule is CCCCNC(=O)c1nc(C(=O)N(C)CCc2ccncc2)n2c1CCCC2. The van der Waals surface area contributed by atoms with Gasteiger partial charge in [-0.15, -0.1) is 0 Å². The minimum Gasteiger partial charge on any atom is -0.351 e. The van der Waals surface area contributed by atoms with Gasteiger partial charge in [0.05, 0.1) is 5.69 Å². The van der Waals surface area contributed by atoms with Gasteiger partial charge in [-0.1, -0.05) is 13.3 Å². The van der Waals surface area contributed by atoms with Gasteiger partial charge in [-0.2, -0.15) is 0 Å². The lowest BCUT2D eigenvalue weighted by atomic mass is 10.1. The number of hydrogen-bond acceptors (Lipinski definition) is 4. The van der Waals surface area contributed by atoms with Gasteiger partial charge in [0.2, 0.25) is 0 Å². The van der Waals surface area contributed by atoms with E-state index in [9.17, 15) is 9.59 Å². The maximum Gasteiger partial charge on any atom is 0.289 e. The van der Waals surface area contributed by atoms with Crippen LogP contribution in [-0.4, -0.2) is 51.4 Å². The van der Waals surface area contributed by atoms with Crippen LogP contribution in [0.4, 0.5) is 0 Å². The highest BCUT2D eigenvalue weighted by Crippen LogP contribution is 2.22. The highest BCUT2D eigenvalue weighted by molar-refractivity contribution is 5.97. The first kappa shape index (κ1) is 20.0. The number of carbonyl (C=O) groups excluding carboxylic acids is 2. The fourth-order valence-electron chi connectivity index (χ4n) is 3.47. The quantitative estimate of drug-likeness (QED) is 0.710. The maximum atomic E-state index is 13.0. The molecule has 0 aromatic carbocycles. The molecule has 2 amide bonds. The minimum atomic E-state index is -0.169. The number of carbonyl (C=O) groups is 2. The van der Waals surface area contributed by atoms with Crippen molar-refractivity contribution in [3.8, 4) is 0 Å². The minimum absolute atomic E-state index is 0.134. The fraction of sp³-hybridized carbons (Fsp3) is 0.524. The summed E-state index contributed by atoms with van der Waals surface area (Å²) in [6.45, 7) is 4.05. The van der Waals surface area contributed by atoms with Crippen LogP contribution < -0.4 is 5.32 Å². The third-order valence-corrected chi connectivity index (χ3v) is 5.17. The van der Waals surface area contributed by atoms with E-state index in [1.54, 1.807) is 24.3 Å². The smallest absolute Gasteiger partial charge is 0.289 e. The topological polar surface area (TPSA) is 80.1 Å². The second-order valence-corrected chi connectivity index (χ2v) is 7.28. The number of nitrogens with one attached hydrogen (secondary N) is 1. The molecule has 0 saturated carbocycles. The molecule has 150 valence electrons. The molecular formula is C21H29N5O2. The molecule has 2 aromatic heterocycles. The maximum absolute atomic E-state index is 13.0. The van der Waals surface area contributed by atoms with Gasteiger partial charge in [0.1, 0.15) is 5.69 Å². The zero-order valence-electron chi connectivity index (χ0n) is 16.8. The van der Waals surface area contributed by atoms with Gasteiger partial charge in [0.25, 0.3) is 11.8 Å². The Hall–Kier alpha value is -2.70. The van der Waals surface area contributed by atoms with E-state index in [4.69, 9.17) is 0 Å². The number of aromatic nitrogens is 3. The fourth-order valence-corrected chi connectivity index (χ4v) is 3.47. The number of amides is 2. The van der Waals surface area contributed by atoms with Crippen LogP contribution in [0.25, 0.3) is 0 Å². The van der Waals surface area contributed by atoms with Crippen molar-refractivity contribution in [1.29, 1.82) is 0 Å². The average Bonchev–Trinajstić information content (AvgIpc) is 3.12. The van der Waals surface area contributed by atoms with E-state index in [0.29, 0.717) is 24.6 Å². The normalized spacial score (nSPS) is 13.1. The first-order valence-electron chi connectivity index (χ1n) is 10.1.